The van der Waals surface area contributed by atoms with Gasteiger partial charge in [-0.1, -0.05) is 11.6 Å². The molecule has 0 aliphatic carbocycles. The molecule has 1 aromatic carbocycles. The Morgan fingerprint density at radius 3 is 2.83 bits per heavy atom. The van der Waals surface area contributed by atoms with Crippen molar-refractivity contribution in [3.63, 3.8) is 0 Å². The summed E-state index contributed by atoms with van der Waals surface area (Å²) in [5.74, 6) is -0.632. The molecular formula is C11H14ClFN2O2S. The molecule has 7 heteroatoms. The van der Waals surface area contributed by atoms with Crippen LogP contribution >= 0.6 is 11.6 Å². The van der Waals surface area contributed by atoms with E-state index in [0.29, 0.717) is 6.54 Å². The van der Waals surface area contributed by atoms with Crippen molar-refractivity contribution in [3.05, 3.63) is 29.0 Å². The van der Waals surface area contributed by atoms with E-state index in [2.05, 4.69) is 0 Å². The van der Waals surface area contributed by atoms with Crippen molar-refractivity contribution in [1.82, 2.24) is 4.31 Å². The Bertz CT molecular complexity index is 550. The zero-order valence-corrected chi connectivity index (χ0v) is 11.2. The Labute approximate surface area is 111 Å². The first-order valence-corrected chi connectivity index (χ1v) is 7.45. The highest BCUT2D eigenvalue weighted by molar-refractivity contribution is 7.89. The van der Waals surface area contributed by atoms with Gasteiger partial charge in [-0.2, -0.15) is 4.31 Å². The highest BCUT2D eigenvalue weighted by Gasteiger charge is 2.34. The van der Waals surface area contributed by atoms with Gasteiger partial charge >= 0.3 is 0 Å². The smallest absolute Gasteiger partial charge is 0.243 e. The molecule has 1 heterocycles. The maximum Gasteiger partial charge on any atom is 0.243 e. The molecule has 0 amide bonds. The van der Waals surface area contributed by atoms with E-state index in [1.807, 2.05) is 0 Å². The predicted octanol–water partition coefficient (Wildman–Crippen LogP) is 1.59. The van der Waals surface area contributed by atoms with Crippen molar-refractivity contribution in [2.75, 3.05) is 13.1 Å². The van der Waals surface area contributed by atoms with Gasteiger partial charge in [0.15, 0.2) is 0 Å². The van der Waals surface area contributed by atoms with Crippen molar-refractivity contribution in [2.45, 2.75) is 23.8 Å². The van der Waals surface area contributed by atoms with Crippen LogP contribution in [0.2, 0.25) is 5.02 Å². The standard InChI is InChI=1S/C11H14ClFN2O2S/c12-10-6-9(3-4-11(10)13)18(16,17)15-5-1-2-8(15)7-14/h3-4,6,8H,1-2,5,7,14H2/t8-/m1/s1. The molecule has 2 rings (SSSR count). The van der Waals surface area contributed by atoms with Crippen molar-refractivity contribution in [3.8, 4) is 0 Å². The van der Waals surface area contributed by atoms with E-state index >= 15 is 0 Å². The van der Waals surface area contributed by atoms with Gasteiger partial charge in [0, 0.05) is 19.1 Å². The number of benzene rings is 1. The second kappa shape index (κ2) is 5.13. The number of nitrogens with two attached hydrogens (primary N) is 1. The fourth-order valence-electron chi connectivity index (χ4n) is 2.13. The van der Waals surface area contributed by atoms with Gasteiger partial charge < -0.3 is 5.73 Å². The van der Waals surface area contributed by atoms with Crippen LogP contribution in [-0.2, 0) is 10.0 Å². The summed E-state index contributed by atoms with van der Waals surface area (Å²) in [6.07, 6.45) is 1.54. The topological polar surface area (TPSA) is 63.4 Å². The lowest BCUT2D eigenvalue weighted by molar-refractivity contribution is 0.393. The molecule has 0 aromatic heterocycles. The number of sulfonamides is 1. The van der Waals surface area contributed by atoms with Crippen molar-refractivity contribution >= 4 is 21.6 Å². The largest absolute Gasteiger partial charge is 0.329 e. The molecule has 0 spiro atoms. The highest BCUT2D eigenvalue weighted by atomic mass is 35.5. The number of halogens is 2. The predicted molar refractivity (Wildman–Crippen MR) is 67.4 cm³/mol. The minimum absolute atomic E-state index is 0.00856. The van der Waals surface area contributed by atoms with Crippen LogP contribution in [0.3, 0.4) is 0 Å². The molecule has 4 nitrogen and oxygen atoms in total. The van der Waals surface area contributed by atoms with E-state index in [1.54, 1.807) is 0 Å². The molecule has 1 saturated heterocycles. The normalized spacial score (nSPS) is 21.4. The molecule has 0 radical (unpaired) electrons. The summed E-state index contributed by atoms with van der Waals surface area (Å²) in [7, 11) is -3.64. The van der Waals surface area contributed by atoms with Crippen LogP contribution in [0.1, 0.15) is 12.8 Å². The van der Waals surface area contributed by atoms with Crippen molar-refractivity contribution in [1.29, 1.82) is 0 Å². The first-order chi connectivity index (χ1) is 8.46. The number of rotatable bonds is 3. The molecule has 1 fully saturated rings. The summed E-state index contributed by atoms with van der Waals surface area (Å²) in [6, 6.07) is 3.24. The Morgan fingerprint density at radius 1 is 1.50 bits per heavy atom. The molecular weight excluding hydrogens is 279 g/mol. The lowest BCUT2D eigenvalue weighted by Gasteiger charge is -2.22. The Morgan fingerprint density at radius 2 is 2.22 bits per heavy atom. The van der Waals surface area contributed by atoms with Gasteiger partial charge in [0.05, 0.1) is 9.92 Å². The van der Waals surface area contributed by atoms with Gasteiger partial charge in [0.1, 0.15) is 5.82 Å². The molecule has 0 saturated carbocycles. The fraction of sp³-hybridized carbons (Fsp3) is 0.455. The van der Waals surface area contributed by atoms with Crippen molar-refractivity contribution < 1.29 is 12.8 Å². The maximum absolute atomic E-state index is 13.0. The Kier molecular flexibility index (Phi) is 3.91. The molecule has 1 aliphatic heterocycles. The second-order valence-corrected chi connectivity index (χ2v) is 6.52. The minimum Gasteiger partial charge on any atom is -0.329 e. The van der Waals surface area contributed by atoms with Crippen LogP contribution in [0.4, 0.5) is 4.39 Å². The lowest BCUT2D eigenvalue weighted by atomic mass is 10.2. The van der Waals surface area contributed by atoms with Gasteiger partial charge in [0.2, 0.25) is 10.0 Å². The third-order valence-corrected chi connectivity index (χ3v) is 5.33. The van der Waals surface area contributed by atoms with E-state index in [-0.39, 0.29) is 22.5 Å². The third-order valence-electron chi connectivity index (χ3n) is 3.09. The number of hydrogen-bond donors (Lipinski definition) is 1. The fourth-order valence-corrected chi connectivity index (χ4v) is 4.11. The third kappa shape index (κ3) is 2.38. The minimum atomic E-state index is -3.64. The van der Waals surface area contributed by atoms with E-state index in [4.69, 9.17) is 17.3 Å². The lowest BCUT2D eigenvalue weighted by Crippen LogP contribution is -2.39. The second-order valence-electron chi connectivity index (χ2n) is 4.22. The molecule has 1 aromatic rings. The van der Waals surface area contributed by atoms with Gasteiger partial charge in [-0.05, 0) is 31.0 Å². The van der Waals surface area contributed by atoms with E-state index in [1.165, 1.54) is 10.4 Å². The molecule has 100 valence electrons. The Hall–Kier alpha value is -0.690. The van der Waals surface area contributed by atoms with Crippen LogP contribution in [0, 0.1) is 5.82 Å². The summed E-state index contributed by atoms with van der Waals surface area (Å²) >= 11 is 5.61. The zero-order valence-electron chi connectivity index (χ0n) is 9.64. The quantitative estimate of drug-likeness (QED) is 0.920. The molecule has 18 heavy (non-hydrogen) atoms. The number of hydrogen-bond acceptors (Lipinski definition) is 3. The zero-order chi connectivity index (χ0) is 13.3. The first kappa shape index (κ1) is 13.7. The molecule has 0 unspecified atom stereocenters. The monoisotopic (exact) mass is 292 g/mol. The van der Waals surface area contributed by atoms with Crippen LogP contribution in [0.25, 0.3) is 0 Å². The summed E-state index contributed by atoms with van der Waals surface area (Å²) in [4.78, 5) is 0.00856. The van der Waals surface area contributed by atoms with Crippen molar-refractivity contribution in [2.24, 2.45) is 5.73 Å². The van der Waals surface area contributed by atoms with Gasteiger partial charge in [-0.25, -0.2) is 12.8 Å². The average Bonchev–Trinajstić information content (AvgIpc) is 2.81. The summed E-state index contributed by atoms with van der Waals surface area (Å²) in [5, 5.41) is -0.195. The SMILES string of the molecule is NC[C@H]1CCCN1S(=O)(=O)c1ccc(F)c(Cl)c1. The Balaban J connectivity index is 2.38. The van der Waals surface area contributed by atoms with E-state index < -0.39 is 15.8 Å². The summed E-state index contributed by atoms with van der Waals surface area (Å²) in [5.41, 5.74) is 5.56. The van der Waals surface area contributed by atoms with Gasteiger partial charge in [-0.15, -0.1) is 0 Å². The van der Waals surface area contributed by atoms with Crippen LogP contribution in [0.15, 0.2) is 23.1 Å². The van der Waals surface area contributed by atoms with E-state index in [0.717, 1.165) is 25.0 Å². The number of nitrogens with zero attached hydrogens (tertiary/aromatic N) is 1. The maximum atomic E-state index is 13.0. The summed E-state index contributed by atoms with van der Waals surface area (Å²) < 4.78 is 39.1. The van der Waals surface area contributed by atoms with Gasteiger partial charge in [-0.3, -0.25) is 0 Å². The molecule has 2 N–H and O–H groups in total. The van der Waals surface area contributed by atoms with Crippen LogP contribution in [-0.4, -0.2) is 31.9 Å². The van der Waals surface area contributed by atoms with Crippen LogP contribution < -0.4 is 5.73 Å². The molecule has 1 aliphatic rings. The highest BCUT2D eigenvalue weighted by Crippen LogP contribution is 2.27. The molecule has 1 atom stereocenters. The van der Waals surface area contributed by atoms with E-state index in [9.17, 15) is 12.8 Å². The summed E-state index contributed by atoms with van der Waals surface area (Å²) in [6.45, 7) is 0.730. The average molecular weight is 293 g/mol. The van der Waals surface area contributed by atoms with Gasteiger partial charge in [0.25, 0.3) is 0 Å². The van der Waals surface area contributed by atoms with Crippen LogP contribution in [0.5, 0.6) is 0 Å². The molecule has 0 bridgehead atoms. The first-order valence-electron chi connectivity index (χ1n) is 5.64.